The Morgan fingerprint density at radius 3 is 1.67 bits per heavy atom. The molecule has 0 radical (unpaired) electrons. The Kier molecular flexibility index (Phi) is 6.57. The Morgan fingerprint density at radius 1 is 1.13 bits per heavy atom. The minimum atomic E-state index is -3.54. The van der Waals surface area contributed by atoms with Crippen molar-refractivity contribution in [3.63, 3.8) is 0 Å². The standard InChI is InChI=1S/C8H17Cl2O3PS/c1-6(2)12-14(11,13-7(3)4)8(9,10)15-5/h6-7H,1-5H3. The molecule has 0 unspecified atom stereocenters. The predicted molar refractivity (Wildman–Crippen MR) is 68.0 cm³/mol. The number of rotatable bonds is 6. The van der Waals surface area contributed by atoms with Gasteiger partial charge in [0.05, 0.1) is 12.2 Å². The lowest BCUT2D eigenvalue weighted by atomic mass is 10.5. The van der Waals surface area contributed by atoms with Gasteiger partial charge in [-0.1, -0.05) is 23.2 Å². The van der Waals surface area contributed by atoms with E-state index in [1.54, 1.807) is 34.0 Å². The molecule has 0 aliphatic carbocycles. The van der Waals surface area contributed by atoms with Crippen molar-refractivity contribution in [2.75, 3.05) is 6.26 Å². The van der Waals surface area contributed by atoms with E-state index in [2.05, 4.69) is 0 Å². The third-order valence-corrected chi connectivity index (χ3v) is 7.18. The van der Waals surface area contributed by atoms with Crippen molar-refractivity contribution in [1.82, 2.24) is 0 Å². The van der Waals surface area contributed by atoms with Gasteiger partial charge >= 0.3 is 7.60 Å². The van der Waals surface area contributed by atoms with Crippen molar-refractivity contribution in [2.45, 2.75) is 43.3 Å². The quantitative estimate of drug-likeness (QED) is 0.534. The van der Waals surface area contributed by atoms with E-state index in [9.17, 15) is 4.57 Å². The van der Waals surface area contributed by atoms with Crippen LogP contribution in [0.4, 0.5) is 0 Å². The van der Waals surface area contributed by atoms with Crippen molar-refractivity contribution in [3.05, 3.63) is 0 Å². The molecule has 0 N–H and O–H groups in total. The monoisotopic (exact) mass is 294 g/mol. The fourth-order valence-corrected chi connectivity index (χ4v) is 3.85. The summed E-state index contributed by atoms with van der Waals surface area (Å²) in [5.41, 5.74) is 0. The maximum atomic E-state index is 12.4. The largest absolute Gasteiger partial charge is 0.377 e. The van der Waals surface area contributed by atoms with Crippen LogP contribution in [0.25, 0.3) is 0 Å². The van der Waals surface area contributed by atoms with E-state index in [1.165, 1.54) is 0 Å². The first-order chi connectivity index (χ1) is 6.64. The zero-order chi connectivity index (χ0) is 12.3. The van der Waals surface area contributed by atoms with Crippen LogP contribution in [0.2, 0.25) is 0 Å². The molecule has 0 aromatic heterocycles. The van der Waals surface area contributed by atoms with E-state index in [0.29, 0.717) is 0 Å². The highest BCUT2D eigenvalue weighted by atomic mass is 35.5. The molecule has 0 amide bonds. The average Bonchev–Trinajstić information content (AvgIpc) is 2.00. The lowest BCUT2D eigenvalue weighted by Crippen LogP contribution is -2.18. The summed E-state index contributed by atoms with van der Waals surface area (Å²) in [6, 6.07) is 0. The number of thioether (sulfide) groups is 1. The van der Waals surface area contributed by atoms with E-state index >= 15 is 0 Å². The third kappa shape index (κ3) is 4.84. The van der Waals surface area contributed by atoms with Crippen LogP contribution in [0.15, 0.2) is 0 Å². The zero-order valence-corrected chi connectivity index (χ0v) is 12.7. The third-order valence-electron chi connectivity index (χ3n) is 1.26. The lowest BCUT2D eigenvalue weighted by molar-refractivity contribution is 0.142. The van der Waals surface area contributed by atoms with Crippen LogP contribution < -0.4 is 0 Å². The van der Waals surface area contributed by atoms with Crippen molar-refractivity contribution < 1.29 is 13.6 Å². The second-order valence-electron chi connectivity index (χ2n) is 3.50. The molecule has 0 fully saturated rings. The molecule has 0 spiro atoms. The minimum absolute atomic E-state index is 0.265. The van der Waals surface area contributed by atoms with E-state index in [4.69, 9.17) is 32.2 Å². The highest BCUT2D eigenvalue weighted by molar-refractivity contribution is 8.09. The predicted octanol–water partition coefficient (Wildman–Crippen LogP) is 4.48. The molecule has 92 valence electrons. The van der Waals surface area contributed by atoms with Gasteiger partial charge in [0.15, 0.2) is 0 Å². The van der Waals surface area contributed by atoms with Gasteiger partial charge < -0.3 is 9.05 Å². The summed E-state index contributed by atoms with van der Waals surface area (Å²) in [6.07, 6.45) is 1.12. The van der Waals surface area contributed by atoms with Crippen LogP contribution >= 0.6 is 42.6 Å². The maximum absolute atomic E-state index is 12.4. The van der Waals surface area contributed by atoms with E-state index in [-0.39, 0.29) is 12.2 Å². The van der Waals surface area contributed by atoms with Gasteiger partial charge in [-0.15, -0.1) is 11.8 Å². The summed E-state index contributed by atoms with van der Waals surface area (Å²) in [4.78, 5) is 0. The molecule has 0 aliphatic heterocycles. The molecule has 0 rings (SSSR count). The summed E-state index contributed by atoms with van der Waals surface area (Å²) in [7, 11) is -3.54. The zero-order valence-electron chi connectivity index (χ0n) is 9.49. The molecular weight excluding hydrogens is 278 g/mol. The second-order valence-corrected chi connectivity index (χ2v) is 9.21. The van der Waals surface area contributed by atoms with Gasteiger partial charge in [0.25, 0.3) is 3.41 Å². The molecule has 0 aromatic carbocycles. The van der Waals surface area contributed by atoms with E-state index in [0.717, 1.165) is 11.8 Å². The smallest absolute Gasteiger partial charge is 0.303 e. The first kappa shape index (κ1) is 16.1. The van der Waals surface area contributed by atoms with Crippen LogP contribution in [0.5, 0.6) is 0 Å². The lowest BCUT2D eigenvalue weighted by Gasteiger charge is -2.30. The molecule has 0 saturated carbocycles. The average molecular weight is 295 g/mol. The van der Waals surface area contributed by atoms with Gasteiger partial charge in [0, 0.05) is 0 Å². The molecule has 0 aromatic rings. The van der Waals surface area contributed by atoms with Crippen molar-refractivity contribution in [2.24, 2.45) is 0 Å². The maximum Gasteiger partial charge on any atom is 0.377 e. The van der Waals surface area contributed by atoms with Crippen LogP contribution in [0.1, 0.15) is 27.7 Å². The number of hydrogen-bond donors (Lipinski definition) is 0. The highest BCUT2D eigenvalue weighted by Crippen LogP contribution is 2.69. The van der Waals surface area contributed by atoms with Gasteiger partial charge in [-0.3, -0.25) is 4.57 Å². The Labute approximate surface area is 106 Å². The summed E-state index contributed by atoms with van der Waals surface area (Å²) in [5.74, 6) is 0. The summed E-state index contributed by atoms with van der Waals surface area (Å²) >= 11 is 12.9. The van der Waals surface area contributed by atoms with Crippen molar-refractivity contribution in [3.8, 4) is 0 Å². The van der Waals surface area contributed by atoms with Gasteiger partial charge in [-0.2, -0.15) is 0 Å². The van der Waals surface area contributed by atoms with Gasteiger partial charge in [-0.05, 0) is 34.0 Å². The molecule has 7 heteroatoms. The van der Waals surface area contributed by atoms with Crippen LogP contribution in [-0.2, 0) is 13.6 Å². The van der Waals surface area contributed by atoms with Gasteiger partial charge in [0.1, 0.15) is 0 Å². The Hall–Kier alpha value is 1.08. The summed E-state index contributed by atoms with van der Waals surface area (Å²) in [6.45, 7) is 7.00. The van der Waals surface area contributed by atoms with Crippen LogP contribution in [0.3, 0.4) is 0 Å². The van der Waals surface area contributed by atoms with Crippen molar-refractivity contribution >= 4 is 42.6 Å². The van der Waals surface area contributed by atoms with Crippen molar-refractivity contribution in [1.29, 1.82) is 0 Å². The fourth-order valence-electron chi connectivity index (χ4n) is 0.814. The first-order valence-corrected chi connectivity index (χ1v) is 8.07. The normalized spacial score (nSPS) is 13.9. The van der Waals surface area contributed by atoms with Crippen LogP contribution in [0, 0.1) is 0 Å². The minimum Gasteiger partial charge on any atom is -0.303 e. The molecule has 15 heavy (non-hydrogen) atoms. The second kappa shape index (κ2) is 6.13. The highest BCUT2D eigenvalue weighted by Gasteiger charge is 2.49. The first-order valence-electron chi connectivity index (χ1n) is 4.54. The van der Waals surface area contributed by atoms with Crippen LogP contribution in [-0.4, -0.2) is 21.9 Å². The molecule has 0 bridgehead atoms. The summed E-state index contributed by atoms with van der Waals surface area (Å²) in [5, 5.41) is 0. The van der Waals surface area contributed by atoms with Gasteiger partial charge in [-0.25, -0.2) is 0 Å². The number of alkyl halides is 2. The molecule has 0 saturated heterocycles. The fraction of sp³-hybridized carbons (Fsp3) is 1.00. The Bertz CT molecular complexity index is 232. The van der Waals surface area contributed by atoms with E-state index in [1.807, 2.05) is 0 Å². The molecular formula is C8H17Cl2O3PS. The molecule has 0 heterocycles. The molecule has 0 atom stereocenters. The molecule has 0 aliphatic rings. The topological polar surface area (TPSA) is 35.5 Å². The SMILES string of the molecule is CSC(Cl)(Cl)P(=O)(OC(C)C)OC(C)C. The van der Waals surface area contributed by atoms with E-state index < -0.39 is 11.0 Å². The number of halogens is 2. The Morgan fingerprint density at radius 2 is 1.47 bits per heavy atom. The molecule has 3 nitrogen and oxygen atoms in total. The summed E-state index contributed by atoms with van der Waals surface area (Å²) < 4.78 is 21.3. The number of hydrogen-bond acceptors (Lipinski definition) is 4. The van der Waals surface area contributed by atoms with Gasteiger partial charge in [0.2, 0.25) is 0 Å². The Balaban J connectivity index is 4.94.